The van der Waals surface area contributed by atoms with Crippen molar-refractivity contribution in [3.05, 3.63) is 107 Å². The van der Waals surface area contributed by atoms with Gasteiger partial charge in [-0.05, 0) is 55.9 Å². The van der Waals surface area contributed by atoms with Crippen molar-refractivity contribution in [2.45, 2.75) is 63.1 Å². The van der Waals surface area contributed by atoms with Gasteiger partial charge in [0.15, 0.2) is 6.10 Å². The van der Waals surface area contributed by atoms with E-state index in [4.69, 9.17) is 0 Å². The maximum Gasteiger partial charge on any atom is 0.315 e. The quantitative estimate of drug-likeness (QED) is 0.272. The first kappa shape index (κ1) is 31.1. The molecule has 0 radical (unpaired) electrons. The molecule has 3 aromatic rings. The van der Waals surface area contributed by atoms with E-state index in [0.717, 1.165) is 22.3 Å². The maximum atomic E-state index is 13.8. The number of rotatable bonds is 11. The van der Waals surface area contributed by atoms with E-state index >= 15 is 0 Å². The summed E-state index contributed by atoms with van der Waals surface area (Å²) in [7, 11) is 0. The van der Waals surface area contributed by atoms with Gasteiger partial charge in [-0.1, -0.05) is 84.9 Å². The molecular formula is C33H40N4O4S. The van der Waals surface area contributed by atoms with Crippen molar-refractivity contribution >= 4 is 29.6 Å². The van der Waals surface area contributed by atoms with Gasteiger partial charge in [0.2, 0.25) is 5.91 Å². The third-order valence-corrected chi connectivity index (χ3v) is 8.96. The van der Waals surface area contributed by atoms with E-state index in [1.165, 1.54) is 16.7 Å². The molecule has 1 fully saturated rings. The van der Waals surface area contributed by atoms with Crippen LogP contribution in [0.4, 0.5) is 4.79 Å². The Bertz CT molecular complexity index is 1350. The van der Waals surface area contributed by atoms with Crippen LogP contribution in [-0.4, -0.2) is 63.2 Å². The molecule has 4 rings (SSSR count). The molecule has 0 aromatic heterocycles. The molecule has 3 aromatic carbocycles. The zero-order valence-corrected chi connectivity index (χ0v) is 25.2. The topological polar surface area (TPSA) is 111 Å². The summed E-state index contributed by atoms with van der Waals surface area (Å²) in [4.78, 5) is 41.6. The first-order chi connectivity index (χ1) is 20.2. The minimum atomic E-state index is -1.55. The number of hydrogen-bond donors (Lipinski definition) is 4. The summed E-state index contributed by atoms with van der Waals surface area (Å²) >= 11 is 1.49. The Morgan fingerprint density at radius 3 is 2.21 bits per heavy atom. The van der Waals surface area contributed by atoms with Gasteiger partial charge in [-0.2, -0.15) is 0 Å². The molecule has 4 N–H and O–H groups in total. The second-order valence-electron chi connectivity index (χ2n) is 11.1. The van der Waals surface area contributed by atoms with Crippen molar-refractivity contribution < 1.29 is 19.5 Å². The molecule has 1 saturated heterocycles. The van der Waals surface area contributed by atoms with E-state index in [1.54, 1.807) is 0 Å². The van der Waals surface area contributed by atoms with Gasteiger partial charge in [0.1, 0.15) is 6.04 Å². The number of benzene rings is 3. The Balaban J connectivity index is 1.45. The van der Waals surface area contributed by atoms with Gasteiger partial charge >= 0.3 is 6.03 Å². The smallest absolute Gasteiger partial charge is 0.315 e. The minimum Gasteiger partial charge on any atom is -0.381 e. The summed E-state index contributed by atoms with van der Waals surface area (Å²) in [5.74, 6) is -0.609. The van der Waals surface area contributed by atoms with Crippen molar-refractivity contribution in [3.8, 4) is 0 Å². The lowest BCUT2D eigenvalue weighted by Crippen LogP contribution is -2.59. The lowest BCUT2D eigenvalue weighted by Gasteiger charge is -2.33. The second kappa shape index (κ2) is 14.4. The van der Waals surface area contributed by atoms with Crippen LogP contribution in [0.5, 0.6) is 0 Å². The summed E-state index contributed by atoms with van der Waals surface area (Å²) in [6.45, 7) is 6.58. The first-order valence-corrected chi connectivity index (χ1v) is 15.2. The predicted molar refractivity (Wildman–Crippen MR) is 167 cm³/mol. The molecule has 8 nitrogen and oxygen atoms in total. The fourth-order valence-electron chi connectivity index (χ4n) is 5.14. The Kier molecular flexibility index (Phi) is 10.7. The maximum absolute atomic E-state index is 13.8. The van der Waals surface area contributed by atoms with Crippen LogP contribution in [0.2, 0.25) is 0 Å². The molecule has 0 unspecified atom stereocenters. The molecule has 1 aliphatic heterocycles. The molecule has 3 atom stereocenters. The average Bonchev–Trinajstić information content (AvgIpc) is 3.31. The highest BCUT2D eigenvalue weighted by Crippen LogP contribution is 2.40. The molecular weight excluding hydrogens is 548 g/mol. The largest absolute Gasteiger partial charge is 0.381 e. The summed E-state index contributed by atoms with van der Waals surface area (Å²) in [5.41, 5.74) is 4.02. The molecule has 0 spiro atoms. The van der Waals surface area contributed by atoms with Crippen LogP contribution in [0.25, 0.3) is 0 Å². The van der Waals surface area contributed by atoms with Crippen LogP contribution < -0.4 is 16.0 Å². The van der Waals surface area contributed by atoms with Gasteiger partial charge in [-0.15, -0.1) is 11.8 Å². The van der Waals surface area contributed by atoms with E-state index in [9.17, 15) is 19.5 Å². The van der Waals surface area contributed by atoms with Gasteiger partial charge in [0.25, 0.3) is 5.91 Å². The van der Waals surface area contributed by atoms with Crippen LogP contribution in [0.1, 0.15) is 36.1 Å². The van der Waals surface area contributed by atoms with E-state index in [-0.39, 0.29) is 18.2 Å². The van der Waals surface area contributed by atoms with E-state index in [2.05, 4.69) is 16.0 Å². The highest BCUT2D eigenvalue weighted by Gasteiger charge is 2.49. The number of hydrogen-bond acceptors (Lipinski definition) is 5. The molecule has 0 bridgehead atoms. The van der Waals surface area contributed by atoms with Crippen molar-refractivity contribution in [2.75, 3.05) is 12.4 Å². The number of amides is 4. The third-order valence-electron chi connectivity index (χ3n) is 7.58. The van der Waals surface area contributed by atoms with E-state index in [0.29, 0.717) is 19.5 Å². The first-order valence-electron chi connectivity index (χ1n) is 14.2. The van der Waals surface area contributed by atoms with Crippen LogP contribution in [0, 0.1) is 6.92 Å². The van der Waals surface area contributed by atoms with Gasteiger partial charge in [-0.25, -0.2) is 4.79 Å². The van der Waals surface area contributed by atoms with Crippen molar-refractivity contribution in [1.29, 1.82) is 0 Å². The molecule has 0 saturated carbocycles. The predicted octanol–water partition coefficient (Wildman–Crippen LogP) is 3.81. The van der Waals surface area contributed by atoms with Crippen LogP contribution in [0.15, 0.2) is 84.9 Å². The number of nitrogens with one attached hydrogen (secondary N) is 3. The number of carbonyl (C=O) groups is 3. The van der Waals surface area contributed by atoms with Crippen molar-refractivity contribution in [2.24, 2.45) is 0 Å². The highest BCUT2D eigenvalue weighted by molar-refractivity contribution is 8.00. The van der Waals surface area contributed by atoms with Gasteiger partial charge in [0, 0.05) is 17.8 Å². The number of nitrogens with zero attached hydrogens (tertiary/aromatic N) is 1. The monoisotopic (exact) mass is 588 g/mol. The van der Waals surface area contributed by atoms with Gasteiger partial charge in [-0.3, -0.25) is 9.59 Å². The fourth-order valence-corrected chi connectivity index (χ4v) is 6.28. The third kappa shape index (κ3) is 8.14. The molecule has 222 valence electrons. The van der Waals surface area contributed by atoms with E-state index < -0.39 is 34.9 Å². The standard InChI is InChI=1S/C33H40N4O4S/c1-23-12-10-11-17-26(23)21-35-30(39)29-33(2,3)42-22-37(29)31(40)28(38)27(20-25-15-8-5-9-16-25)36-32(41)34-19-18-24-13-6-4-7-14-24/h4-17,27-29,38H,18-22H2,1-3H3,(H,35,39)(H2,34,36,41)/t27-,28-,29+/m0/s1. The second-order valence-corrected chi connectivity index (χ2v) is 12.7. The van der Waals surface area contributed by atoms with E-state index in [1.807, 2.05) is 106 Å². The Morgan fingerprint density at radius 1 is 0.929 bits per heavy atom. The average molecular weight is 589 g/mol. The normalized spacial score (nSPS) is 17.2. The number of aliphatic hydroxyl groups excluding tert-OH is 1. The zero-order chi connectivity index (χ0) is 30.1. The van der Waals surface area contributed by atoms with Crippen LogP contribution in [0.3, 0.4) is 0 Å². The summed E-state index contributed by atoms with van der Waals surface area (Å²) in [6.07, 6.45) is -0.654. The number of aryl methyl sites for hydroxylation is 1. The lowest BCUT2D eigenvalue weighted by molar-refractivity contribution is -0.147. The number of carbonyl (C=O) groups excluding carboxylic acids is 3. The van der Waals surface area contributed by atoms with Crippen LogP contribution in [-0.2, 0) is 29.0 Å². The summed E-state index contributed by atoms with van der Waals surface area (Å²) < 4.78 is -0.567. The number of thioether (sulfide) groups is 1. The molecule has 1 heterocycles. The Labute approximate surface area is 252 Å². The lowest BCUT2D eigenvalue weighted by atomic mass is 9.97. The SMILES string of the molecule is Cc1ccccc1CNC(=O)[C@H]1N(C(=O)[C@@H](O)[C@H](Cc2ccccc2)NC(=O)NCCc2ccccc2)CSC1(C)C. The summed E-state index contributed by atoms with van der Waals surface area (Å²) in [6, 6.07) is 24.9. The van der Waals surface area contributed by atoms with Crippen molar-refractivity contribution in [1.82, 2.24) is 20.9 Å². The van der Waals surface area contributed by atoms with Gasteiger partial charge < -0.3 is 26.0 Å². The Hall–Kier alpha value is -3.82. The number of aliphatic hydroxyl groups is 1. The minimum absolute atomic E-state index is 0.244. The van der Waals surface area contributed by atoms with Crippen LogP contribution >= 0.6 is 11.8 Å². The molecule has 9 heteroatoms. The molecule has 1 aliphatic rings. The molecule has 42 heavy (non-hydrogen) atoms. The molecule has 0 aliphatic carbocycles. The fraction of sp³-hybridized carbons (Fsp3) is 0.364. The van der Waals surface area contributed by atoms with Crippen molar-refractivity contribution in [3.63, 3.8) is 0 Å². The molecule has 4 amide bonds. The van der Waals surface area contributed by atoms with Gasteiger partial charge in [0.05, 0.1) is 11.9 Å². The highest BCUT2D eigenvalue weighted by atomic mass is 32.2. The Morgan fingerprint density at radius 2 is 1.55 bits per heavy atom. The summed E-state index contributed by atoms with van der Waals surface area (Å²) in [5, 5.41) is 20.0. The number of urea groups is 1. The zero-order valence-electron chi connectivity index (χ0n) is 24.4.